The molecule has 126 valence electrons. The van der Waals surface area contributed by atoms with Gasteiger partial charge in [0.15, 0.2) is 5.82 Å². The summed E-state index contributed by atoms with van der Waals surface area (Å²) in [6.45, 7) is 1.99. The van der Waals surface area contributed by atoms with Gasteiger partial charge >= 0.3 is 11.8 Å². The second-order valence-corrected chi connectivity index (χ2v) is 5.19. The summed E-state index contributed by atoms with van der Waals surface area (Å²) in [4.78, 5) is 27.9. The van der Waals surface area contributed by atoms with Crippen molar-refractivity contribution in [3.63, 3.8) is 0 Å². The molecular weight excluding hydrogens is 322 g/mol. The standard InChI is InChI=1S/C16H15N7O2/c1-11-20-21-22-23(11)14-6-2-5-13(8-14)19-16(25)15(24)18-10-12-4-3-7-17-9-12/h2-9H,10H2,1H3,(H,18,24)(H,19,25). The minimum Gasteiger partial charge on any atom is -0.344 e. The Balaban J connectivity index is 1.63. The van der Waals surface area contributed by atoms with Gasteiger partial charge in [-0.1, -0.05) is 12.1 Å². The number of nitrogens with one attached hydrogen (secondary N) is 2. The van der Waals surface area contributed by atoms with Crippen LogP contribution in [-0.2, 0) is 16.1 Å². The number of carbonyl (C=O) groups excluding carboxylic acids is 2. The molecule has 0 spiro atoms. The molecule has 2 N–H and O–H groups in total. The predicted octanol–water partition coefficient (Wildman–Crippen LogP) is 0.621. The topological polar surface area (TPSA) is 115 Å². The Bertz CT molecular complexity index is 892. The third kappa shape index (κ3) is 4.02. The molecule has 0 bridgehead atoms. The molecule has 2 heterocycles. The maximum atomic E-state index is 12.0. The van der Waals surface area contributed by atoms with Crippen LogP contribution in [0.4, 0.5) is 5.69 Å². The van der Waals surface area contributed by atoms with Crippen molar-refractivity contribution in [2.75, 3.05) is 5.32 Å². The molecule has 1 aromatic carbocycles. The highest BCUT2D eigenvalue weighted by molar-refractivity contribution is 6.39. The van der Waals surface area contributed by atoms with E-state index < -0.39 is 11.8 Å². The normalized spacial score (nSPS) is 10.3. The zero-order chi connectivity index (χ0) is 17.6. The van der Waals surface area contributed by atoms with Gasteiger partial charge in [0.25, 0.3) is 0 Å². The molecule has 2 amide bonds. The maximum absolute atomic E-state index is 12.0. The van der Waals surface area contributed by atoms with Gasteiger partial charge < -0.3 is 10.6 Å². The second kappa shape index (κ2) is 7.30. The molecule has 9 heteroatoms. The van der Waals surface area contributed by atoms with Crippen LogP contribution in [0.1, 0.15) is 11.4 Å². The summed E-state index contributed by atoms with van der Waals surface area (Å²) in [5, 5.41) is 16.3. The molecule has 0 unspecified atom stereocenters. The molecule has 0 saturated heterocycles. The first-order valence-electron chi connectivity index (χ1n) is 7.47. The molecule has 0 radical (unpaired) electrons. The van der Waals surface area contributed by atoms with Crippen LogP contribution in [0.5, 0.6) is 0 Å². The summed E-state index contributed by atoms with van der Waals surface area (Å²) in [5.41, 5.74) is 1.95. The second-order valence-electron chi connectivity index (χ2n) is 5.19. The lowest BCUT2D eigenvalue weighted by Gasteiger charge is -2.08. The smallest absolute Gasteiger partial charge is 0.313 e. The fourth-order valence-electron chi connectivity index (χ4n) is 2.14. The van der Waals surface area contributed by atoms with Crippen molar-refractivity contribution in [1.29, 1.82) is 0 Å². The van der Waals surface area contributed by atoms with Crippen molar-refractivity contribution in [2.45, 2.75) is 13.5 Å². The third-order valence-corrected chi connectivity index (χ3v) is 3.36. The van der Waals surface area contributed by atoms with Crippen LogP contribution in [0.2, 0.25) is 0 Å². The van der Waals surface area contributed by atoms with Gasteiger partial charge in [-0.2, -0.15) is 4.68 Å². The van der Waals surface area contributed by atoms with Crippen LogP contribution in [0.15, 0.2) is 48.8 Å². The Hall–Kier alpha value is -3.62. The summed E-state index contributed by atoms with van der Waals surface area (Å²) < 4.78 is 1.53. The van der Waals surface area contributed by atoms with Crippen molar-refractivity contribution < 1.29 is 9.59 Å². The molecule has 3 rings (SSSR count). The number of carbonyl (C=O) groups is 2. The van der Waals surface area contributed by atoms with Crippen LogP contribution >= 0.6 is 0 Å². The van der Waals surface area contributed by atoms with E-state index in [-0.39, 0.29) is 6.54 Å². The summed E-state index contributed by atoms with van der Waals surface area (Å²) in [7, 11) is 0. The lowest BCUT2D eigenvalue weighted by molar-refractivity contribution is -0.136. The molecule has 2 aromatic heterocycles. The van der Waals surface area contributed by atoms with Gasteiger partial charge in [0.2, 0.25) is 0 Å². The van der Waals surface area contributed by atoms with E-state index in [1.807, 2.05) is 6.07 Å². The van der Waals surface area contributed by atoms with Crippen LogP contribution in [0.25, 0.3) is 5.69 Å². The SMILES string of the molecule is Cc1nnnn1-c1cccc(NC(=O)C(=O)NCc2cccnc2)c1. The van der Waals surface area contributed by atoms with E-state index >= 15 is 0 Å². The van der Waals surface area contributed by atoms with Gasteiger partial charge in [-0.05, 0) is 47.2 Å². The van der Waals surface area contributed by atoms with Gasteiger partial charge in [0, 0.05) is 24.6 Å². The fourth-order valence-corrected chi connectivity index (χ4v) is 2.14. The highest BCUT2D eigenvalue weighted by Crippen LogP contribution is 2.14. The fraction of sp³-hybridized carbons (Fsp3) is 0.125. The van der Waals surface area contributed by atoms with Crippen molar-refractivity contribution in [3.05, 3.63) is 60.2 Å². The minimum absolute atomic E-state index is 0.226. The largest absolute Gasteiger partial charge is 0.344 e. The molecular formula is C16H15N7O2. The Morgan fingerprint density at radius 1 is 1.16 bits per heavy atom. The van der Waals surface area contributed by atoms with E-state index in [2.05, 4.69) is 31.1 Å². The maximum Gasteiger partial charge on any atom is 0.313 e. The zero-order valence-electron chi connectivity index (χ0n) is 13.4. The van der Waals surface area contributed by atoms with Crippen LogP contribution < -0.4 is 10.6 Å². The van der Waals surface area contributed by atoms with Crippen molar-refractivity contribution in [1.82, 2.24) is 30.5 Å². The summed E-state index contributed by atoms with van der Waals surface area (Å²) in [6.07, 6.45) is 3.26. The first kappa shape index (κ1) is 16.2. The number of tetrazole rings is 1. The predicted molar refractivity (Wildman–Crippen MR) is 88.6 cm³/mol. The number of aryl methyl sites for hydroxylation is 1. The lowest BCUT2D eigenvalue weighted by atomic mass is 10.2. The van der Waals surface area contributed by atoms with E-state index in [1.165, 1.54) is 4.68 Å². The molecule has 0 aliphatic rings. The van der Waals surface area contributed by atoms with E-state index in [0.29, 0.717) is 17.2 Å². The quantitative estimate of drug-likeness (QED) is 0.675. The number of amides is 2. The molecule has 9 nitrogen and oxygen atoms in total. The lowest BCUT2D eigenvalue weighted by Crippen LogP contribution is -2.35. The van der Waals surface area contributed by atoms with Gasteiger partial charge in [-0.15, -0.1) is 5.10 Å². The Morgan fingerprint density at radius 2 is 2.04 bits per heavy atom. The third-order valence-electron chi connectivity index (χ3n) is 3.36. The summed E-state index contributed by atoms with van der Waals surface area (Å²) in [6, 6.07) is 10.4. The van der Waals surface area contributed by atoms with E-state index in [9.17, 15) is 9.59 Å². The summed E-state index contributed by atoms with van der Waals surface area (Å²) >= 11 is 0. The van der Waals surface area contributed by atoms with E-state index in [1.54, 1.807) is 49.6 Å². The van der Waals surface area contributed by atoms with E-state index in [4.69, 9.17) is 0 Å². The number of benzene rings is 1. The summed E-state index contributed by atoms with van der Waals surface area (Å²) in [5.74, 6) is -0.875. The number of aromatic nitrogens is 5. The minimum atomic E-state index is -0.755. The first-order chi connectivity index (χ1) is 12.1. The molecule has 25 heavy (non-hydrogen) atoms. The Morgan fingerprint density at radius 3 is 2.76 bits per heavy atom. The van der Waals surface area contributed by atoms with Crippen molar-refractivity contribution in [2.24, 2.45) is 0 Å². The van der Waals surface area contributed by atoms with Gasteiger partial charge in [0.05, 0.1) is 5.69 Å². The van der Waals surface area contributed by atoms with Gasteiger partial charge in [-0.25, -0.2) is 0 Å². The monoisotopic (exact) mass is 337 g/mol. The number of hydrogen-bond acceptors (Lipinski definition) is 6. The van der Waals surface area contributed by atoms with Gasteiger partial charge in [0.1, 0.15) is 0 Å². The molecule has 3 aromatic rings. The van der Waals surface area contributed by atoms with Gasteiger partial charge in [-0.3, -0.25) is 14.6 Å². The van der Waals surface area contributed by atoms with Crippen molar-refractivity contribution >= 4 is 17.5 Å². The molecule has 0 aliphatic heterocycles. The Kier molecular flexibility index (Phi) is 4.74. The Labute approximate surface area is 143 Å². The number of anilines is 1. The molecule has 0 aliphatic carbocycles. The number of nitrogens with zero attached hydrogens (tertiary/aromatic N) is 5. The average Bonchev–Trinajstić information content (AvgIpc) is 3.06. The molecule has 0 fully saturated rings. The number of rotatable bonds is 4. The first-order valence-corrected chi connectivity index (χ1v) is 7.47. The number of pyridine rings is 1. The highest BCUT2D eigenvalue weighted by Gasteiger charge is 2.14. The molecule has 0 saturated carbocycles. The van der Waals surface area contributed by atoms with Crippen LogP contribution in [0, 0.1) is 6.92 Å². The van der Waals surface area contributed by atoms with Crippen molar-refractivity contribution in [3.8, 4) is 5.69 Å². The molecule has 0 atom stereocenters. The van der Waals surface area contributed by atoms with E-state index in [0.717, 1.165) is 5.56 Å². The number of hydrogen-bond donors (Lipinski definition) is 2. The average molecular weight is 337 g/mol. The van der Waals surface area contributed by atoms with Crippen LogP contribution in [-0.4, -0.2) is 37.0 Å². The zero-order valence-corrected chi connectivity index (χ0v) is 13.4. The highest BCUT2D eigenvalue weighted by atomic mass is 16.2. The van der Waals surface area contributed by atoms with Crippen LogP contribution in [0.3, 0.4) is 0 Å².